The van der Waals surface area contributed by atoms with E-state index in [2.05, 4.69) is 5.32 Å². The number of carbonyl (C=O) groups is 1. The highest BCUT2D eigenvalue weighted by molar-refractivity contribution is 7.91. The van der Waals surface area contributed by atoms with Gasteiger partial charge in [-0.25, -0.2) is 8.42 Å². The van der Waals surface area contributed by atoms with Crippen molar-refractivity contribution >= 4 is 15.7 Å². The molecule has 0 bridgehead atoms. The van der Waals surface area contributed by atoms with Crippen LogP contribution in [0.1, 0.15) is 13.3 Å². The maximum atomic E-state index is 11.4. The topological polar surface area (TPSA) is 89.3 Å². The zero-order valence-electron chi connectivity index (χ0n) is 8.62. The van der Waals surface area contributed by atoms with Gasteiger partial charge in [0.25, 0.3) is 0 Å². The monoisotopic (exact) mass is 222 g/mol. The molecule has 1 atom stereocenters. The van der Waals surface area contributed by atoms with E-state index in [0.717, 1.165) is 0 Å². The molecule has 0 aromatic heterocycles. The molecule has 0 saturated carbocycles. The van der Waals surface area contributed by atoms with Gasteiger partial charge >= 0.3 is 0 Å². The van der Waals surface area contributed by atoms with E-state index >= 15 is 0 Å². The van der Waals surface area contributed by atoms with Crippen molar-refractivity contribution in [2.45, 2.75) is 13.3 Å². The summed E-state index contributed by atoms with van der Waals surface area (Å²) in [6.07, 6.45) is 0.0239. The van der Waals surface area contributed by atoms with E-state index in [-0.39, 0.29) is 29.8 Å². The Hall–Kier alpha value is -0.620. The average molecular weight is 222 g/mol. The molecule has 0 aliphatic carbocycles. The summed E-state index contributed by atoms with van der Waals surface area (Å²) in [5.41, 5.74) is 5.32. The molecule has 0 heterocycles. The van der Waals surface area contributed by atoms with E-state index in [1.165, 1.54) is 7.05 Å². The maximum absolute atomic E-state index is 11.4. The van der Waals surface area contributed by atoms with Gasteiger partial charge in [-0.2, -0.15) is 0 Å². The van der Waals surface area contributed by atoms with Gasteiger partial charge in [0, 0.05) is 13.5 Å². The van der Waals surface area contributed by atoms with Gasteiger partial charge in [-0.3, -0.25) is 4.79 Å². The number of amides is 1. The Morgan fingerprint density at radius 2 is 2.07 bits per heavy atom. The second kappa shape index (κ2) is 5.98. The van der Waals surface area contributed by atoms with Crippen LogP contribution in [0.25, 0.3) is 0 Å². The SMILES string of the molecule is CNC(=O)CCS(=O)(=O)CC(C)CN. The first-order valence-corrected chi connectivity index (χ1v) is 6.34. The minimum atomic E-state index is -3.14. The molecule has 14 heavy (non-hydrogen) atoms. The molecular weight excluding hydrogens is 204 g/mol. The van der Waals surface area contributed by atoms with Crippen molar-refractivity contribution < 1.29 is 13.2 Å². The first-order chi connectivity index (χ1) is 6.41. The van der Waals surface area contributed by atoms with Crippen LogP contribution in [-0.4, -0.2) is 39.4 Å². The third-order valence-electron chi connectivity index (χ3n) is 1.86. The van der Waals surface area contributed by atoms with E-state index in [4.69, 9.17) is 5.73 Å². The van der Waals surface area contributed by atoms with Gasteiger partial charge in [0.2, 0.25) is 5.91 Å². The Kier molecular flexibility index (Phi) is 5.71. The van der Waals surface area contributed by atoms with Crippen LogP contribution >= 0.6 is 0 Å². The summed E-state index contributed by atoms with van der Waals surface area (Å²) in [6.45, 7) is 2.12. The molecule has 0 spiro atoms. The summed E-state index contributed by atoms with van der Waals surface area (Å²) in [4.78, 5) is 10.8. The fraction of sp³-hybridized carbons (Fsp3) is 0.875. The Bertz CT molecular complexity index is 274. The van der Waals surface area contributed by atoms with Crippen LogP contribution in [0.3, 0.4) is 0 Å². The minimum absolute atomic E-state index is 0.0239. The van der Waals surface area contributed by atoms with E-state index in [1.807, 2.05) is 0 Å². The Morgan fingerprint density at radius 3 is 2.50 bits per heavy atom. The molecule has 0 fully saturated rings. The van der Waals surface area contributed by atoms with E-state index < -0.39 is 9.84 Å². The number of hydrogen-bond donors (Lipinski definition) is 2. The van der Waals surface area contributed by atoms with Gasteiger partial charge < -0.3 is 11.1 Å². The molecule has 84 valence electrons. The molecule has 0 rings (SSSR count). The summed E-state index contributed by atoms with van der Waals surface area (Å²) < 4.78 is 22.8. The highest BCUT2D eigenvalue weighted by Crippen LogP contribution is 2.01. The van der Waals surface area contributed by atoms with Gasteiger partial charge in [-0.1, -0.05) is 6.92 Å². The van der Waals surface area contributed by atoms with Crippen LogP contribution in [0.5, 0.6) is 0 Å². The van der Waals surface area contributed by atoms with Crippen LogP contribution < -0.4 is 11.1 Å². The smallest absolute Gasteiger partial charge is 0.220 e. The molecule has 0 saturated heterocycles. The molecule has 6 heteroatoms. The average Bonchev–Trinajstić information content (AvgIpc) is 2.13. The predicted octanol–water partition coefficient (Wildman–Crippen LogP) is -0.868. The van der Waals surface area contributed by atoms with Gasteiger partial charge in [-0.05, 0) is 12.5 Å². The number of nitrogens with one attached hydrogen (secondary N) is 1. The first kappa shape index (κ1) is 13.4. The summed E-state index contributed by atoms with van der Waals surface area (Å²) in [5, 5.41) is 2.38. The lowest BCUT2D eigenvalue weighted by atomic mass is 10.2. The normalized spacial score (nSPS) is 13.6. The maximum Gasteiger partial charge on any atom is 0.220 e. The van der Waals surface area contributed by atoms with E-state index in [0.29, 0.717) is 6.54 Å². The fourth-order valence-corrected chi connectivity index (χ4v) is 2.62. The fourth-order valence-electron chi connectivity index (χ4n) is 0.958. The van der Waals surface area contributed by atoms with Crippen LogP contribution in [-0.2, 0) is 14.6 Å². The summed E-state index contributed by atoms with van der Waals surface area (Å²) in [7, 11) is -1.66. The number of rotatable bonds is 6. The van der Waals surface area contributed by atoms with Gasteiger partial charge in [-0.15, -0.1) is 0 Å². The first-order valence-electron chi connectivity index (χ1n) is 4.52. The third kappa shape index (κ3) is 5.93. The number of carbonyl (C=O) groups excluding carboxylic acids is 1. The van der Waals surface area contributed by atoms with Crippen LogP contribution in [0.2, 0.25) is 0 Å². The predicted molar refractivity (Wildman–Crippen MR) is 55.6 cm³/mol. The van der Waals surface area contributed by atoms with Gasteiger partial charge in [0.05, 0.1) is 11.5 Å². The second-order valence-corrected chi connectivity index (χ2v) is 5.61. The highest BCUT2D eigenvalue weighted by atomic mass is 32.2. The molecule has 1 amide bonds. The van der Waals surface area contributed by atoms with Crippen molar-refractivity contribution in [2.24, 2.45) is 11.7 Å². The van der Waals surface area contributed by atoms with Crippen molar-refractivity contribution in [3.05, 3.63) is 0 Å². The van der Waals surface area contributed by atoms with Crippen molar-refractivity contribution in [1.29, 1.82) is 0 Å². The quantitative estimate of drug-likeness (QED) is 0.611. The molecule has 5 nitrogen and oxygen atoms in total. The number of nitrogens with two attached hydrogens (primary N) is 1. The summed E-state index contributed by atoms with van der Waals surface area (Å²) in [5.74, 6) is -0.351. The molecule has 0 aromatic carbocycles. The molecular formula is C8H18N2O3S. The standard InChI is InChI=1S/C8H18N2O3S/c1-7(5-9)6-14(12,13)4-3-8(11)10-2/h7H,3-6,9H2,1-2H3,(H,10,11). The zero-order chi connectivity index (χ0) is 11.2. The van der Waals surface area contributed by atoms with Crippen molar-refractivity contribution in [3.63, 3.8) is 0 Å². The molecule has 1 unspecified atom stereocenters. The van der Waals surface area contributed by atoms with Crippen molar-refractivity contribution in [2.75, 3.05) is 25.1 Å². The van der Waals surface area contributed by atoms with Crippen LogP contribution in [0.15, 0.2) is 0 Å². The zero-order valence-corrected chi connectivity index (χ0v) is 9.43. The van der Waals surface area contributed by atoms with Gasteiger partial charge in [0.15, 0.2) is 9.84 Å². The summed E-state index contributed by atoms with van der Waals surface area (Å²) in [6, 6.07) is 0. The second-order valence-electron chi connectivity index (χ2n) is 3.38. The molecule has 0 radical (unpaired) electrons. The lowest BCUT2D eigenvalue weighted by Gasteiger charge is -2.08. The number of hydrogen-bond acceptors (Lipinski definition) is 4. The Balaban J connectivity index is 4.02. The molecule has 0 aliphatic rings. The number of sulfone groups is 1. The third-order valence-corrected chi connectivity index (χ3v) is 3.76. The van der Waals surface area contributed by atoms with Crippen LogP contribution in [0, 0.1) is 5.92 Å². The highest BCUT2D eigenvalue weighted by Gasteiger charge is 2.16. The molecule has 0 aromatic rings. The van der Waals surface area contributed by atoms with Crippen molar-refractivity contribution in [1.82, 2.24) is 5.32 Å². The van der Waals surface area contributed by atoms with Crippen LogP contribution in [0.4, 0.5) is 0 Å². The Labute approximate surface area is 85.0 Å². The van der Waals surface area contributed by atoms with E-state index in [9.17, 15) is 13.2 Å². The van der Waals surface area contributed by atoms with Gasteiger partial charge in [0.1, 0.15) is 0 Å². The largest absolute Gasteiger partial charge is 0.359 e. The lowest BCUT2D eigenvalue weighted by molar-refractivity contribution is -0.120. The summed E-state index contributed by atoms with van der Waals surface area (Å²) >= 11 is 0. The van der Waals surface area contributed by atoms with E-state index in [1.54, 1.807) is 6.92 Å². The Morgan fingerprint density at radius 1 is 1.50 bits per heavy atom. The molecule has 3 N–H and O–H groups in total. The lowest BCUT2D eigenvalue weighted by Crippen LogP contribution is -2.26. The van der Waals surface area contributed by atoms with Crippen molar-refractivity contribution in [3.8, 4) is 0 Å². The molecule has 0 aliphatic heterocycles. The minimum Gasteiger partial charge on any atom is -0.359 e.